The van der Waals surface area contributed by atoms with Crippen molar-refractivity contribution in [3.8, 4) is 12.1 Å². The fourth-order valence-electron chi connectivity index (χ4n) is 4.91. The van der Waals surface area contributed by atoms with Crippen LogP contribution >= 0.6 is 0 Å². The molecule has 0 amide bonds. The van der Waals surface area contributed by atoms with Crippen LogP contribution < -0.4 is 10.5 Å². The van der Waals surface area contributed by atoms with Crippen LogP contribution in [-0.2, 0) is 18.9 Å². The molecule has 0 radical (unpaired) electrons. The van der Waals surface area contributed by atoms with Gasteiger partial charge < -0.3 is 14.3 Å². The second-order valence-electron chi connectivity index (χ2n) is 10.6. The van der Waals surface area contributed by atoms with E-state index in [4.69, 9.17) is 4.84 Å². The van der Waals surface area contributed by atoms with Crippen LogP contribution in [0.2, 0.25) is 0 Å². The highest BCUT2D eigenvalue weighted by Crippen LogP contribution is 2.35. The molecule has 0 saturated heterocycles. The molecule has 1 aliphatic carbocycles. The molecule has 1 fully saturated rings. The van der Waals surface area contributed by atoms with Crippen molar-refractivity contribution in [2.24, 2.45) is 25.2 Å². The van der Waals surface area contributed by atoms with E-state index < -0.39 is 17.1 Å². The highest BCUT2D eigenvalue weighted by Gasteiger charge is 2.32. The van der Waals surface area contributed by atoms with Crippen LogP contribution in [-0.4, -0.2) is 43.7 Å². The molecule has 0 aliphatic heterocycles. The van der Waals surface area contributed by atoms with E-state index in [-0.39, 0.29) is 23.2 Å². The van der Waals surface area contributed by atoms with Gasteiger partial charge in [-0.1, -0.05) is 5.16 Å². The standard InChI is InChI=1S/C27H31FN8O2/c1-27(2,3)38-33-23(20-13-22(28)36(6)32-20)16-7-10-18(11-8-16)34(4)25-19(15-30)26(37)35(5)21-12-9-17(14-29)31-24(21)25/h9,12-13,16,18H,7-8,10-11H2,1-6H3/b33-23-. The maximum absolute atomic E-state index is 14.1. The molecule has 3 aromatic rings. The predicted octanol–water partition coefficient (Wildman–Crippen LogP) is 3.76. The van der Waals surface area contributed by atoms with Gasteiger partial charge in [-0.25, -0.2) is 9.67 Å². The Hall–Kier alpha value is -4.25. The van der Waals surface area contributed by atoms with Crippen molar-refractivity contribution in [1.29, 1.82) is 10.5 Å². The molecule has 1 saturated carbocycles. The summed E-state index contributed by atoms with van der Waals surface area (Å²) < 4.78 is 16.7. The summed E-state index contributed by atoms with van der Waals surface area (Å²) in [7, 11) is 4.99. The van der Waals surface area contributed by atoms with Crippen molar-refractivity contribution in [3.05, 3.63) is 51.5 Å². The molecule has 38 heavy (non-hydrogen) atoms. The molecule has 11 heteroatoms. The predicted molar refractivity (Wildman–Crippen MR) is 141 cm³/mol. The summed E-state index contributed by atoms with van der Waals surface area (Å²) in [6.45, 7) is 5.68. The topological polar surface area (TPSA) is 125 Å². The molecule has 0 N–H and O–H groups in total. The third kappa shape index (κ3) is 5.10. The summed E-state index contributed by atoms with van der Waals surface area (Å²) in [5, 5.41) is 28.0. The first-order chi connectivity index (χ1) is 17.9. The second kappa shape index (κ2) is 10.3. The number of hydrogen-bond donors (Lipinski definition) is 0. The Morgan fingerprint density at radius 3 is 2.42 bits per heavy atom. The summed E-state index contributed by atoms with van der Waals surface area (Å²) in [6.07, 6.45) is 2.90. The summed E-state index contributed by atoms with van der Waals surface area (Å²) in [4.78, 5) is 25.1. The quantitative estimate of drug-likeness (QED) is 0.372. The Morgan fingerprint density at radius 2 is 1.87 bits per heavy atom. The van der Waals surface area contributed by atoms with Gasteiger partial charge in [-0.3, -0.25) is 4.79 Å². The maximum atomic E-state index is 14.1. The van der Waals surface area contributed by atoms with E-state index >= 15 is 0 Å². The summed E-state index contributed by atoms with van der Waals surface area (Å²) >= 11 is 0. The normalized spacial score (nSPS) is 18.2. The average molecular weight is 519 g/mol. The molecule has 0 bridgehead atoms. The van der Waals surface area contributed by atoms with Crippen molar-refractivity contribution < 1.29 is 9.23 Å². The van der Waals surface area contributed by atoms with Crippen LogP contribution in [0.4, 0.5) is 10.1 Å². The average Bonchev–Trinajstić information content (AvgIpc) is 3.22. The number of rotatable bonds is 5. The smallest absolute Gasteiger partial charge is 0.270 e. The summed E-state index contributed by atoms with van der Waals surface area (Å²) in [5.41, 5.74) is 1.76. The Labute approximate surface area is 220 Å². The number of nitrogens with zero attached hydrogens (tertiary/aromatic N) is 8. The minimum Gasteiger partial charge on any atom is -0.390 e. The molecule has 198 valence electrons. The van der Waals surface area contributed by atoms with Gasteiger partial charge in [0.15, 0.2) is 0 Å². The van der Waals surface area contributed by atoms with Gasteiger partial charge in [0.25, 0.3) is 5.56 Å². The first-order valence-corrected chi connectivity index (χ1v) is 12.5. The van der Waals surface area contributed by atoms with Crippen LogP contribution in [0.25, 0.3) is 11.0 Å². The molecule has 0 aromatic carbocycles. The largest absolute Gasteiger partial charge is 0.390 e. The molecular formula is C27H31FN8O2. The van der Waals surface area contributed by atoms with Crippen LogP contribution in [0.1, 0.15) is 63.4 Å². The molecule has 0 atom stereocenters. The first kappa shape index (κ1) is 26.8. The second-order valence-corrected chi connectivity index (χ2v) is 10.6. The lowest BCUT2D eigenvalue weighted by Gasteiger charge is -2.36. The third-order valence-corrected chi connectivity index (χ3v) is 6.93. The van der Waals surface area contributed by atoms with Crippen molar-refractivity contribution in [1.82, 2.24) is 19.3 Å². The monoisotopic (exact) mass is 518 g/mol. The molecule has 4 rings (SSSR count). The zero-order chi connectivity index (χ0) is 27.8. The SMILES string of the molecule is CN(c1c(C#N)c(=O)n(C)c2ccc(C#N)nc12)C1CCC(/C(=N/OC(C)(C)C)c2cc(F)n(C)n2)CC1. The lowest BCUT2D eigenvalue weighted by atomic mass is 9.81. The lowest BCUT2D eigenvalue weighted by molar-refractivity contribution is -0.0000758. The maximum Gasteiger partial charge on any atom is 0.270 e. The Kier molecular flexibility index (Phi) is 7.23. The minimum atomic E-state index is -0.514. The molecule has 3 heterocycles. The zero-order valence-corrected chi connectivity index (χ0v) is 22.5. The first-order valence-electron chi connectivity index (χ1n) is 12.5. The molecule has 1 aliphatic rings. The Balaban J connectivity index is 1.66. The number of aryl methyl sites for hydroxylation is 2. The van der Waals surface area contributed by atoms with Crippen LogP contribution in [0, 0.1) is 34.5 Å². The van der Waals surface area contributed by atoms with Gasteiger partial charge >= 0.3 is 0 Å². The Morgan fingerprint density at radius 1 is 1.18 bits per heavy atom. The number of nitriles is 2. The van der Waals surface area contributed by atoms with Crippen LogP contribution in [0.15, 0.2) is 28.1 Å². The number of hydrogen-bond acceptors (Lipinski definition) is 8. The van der Waals surface area contributed by atoms with Gasteiger partial charge in [0, 0.05) is 39.2 Å². The number of aromatic nitrogens is 4. The fourth-order valence-corrected chi connectivity index (χ4v) is 4.91. The van der Waals surface area contributed by atoms with Gasteiger partial charge in [-0.05, 0) is 58.6 Å². The van der Waals surface area contributed by atoms with E-state index in [1.54, 1.807) is 26.2 Å². The number of fused-ring (bicyclic) bond motifs is 1. The van der Waals surface area contributed by atoms with E-state index in [0.717, 1.165) is 25.7 Å². The third-order valence-electron chi connectivity index (χ3n) is 6.93. The van der Waals surface area contributed by atoms with Crippen LogP contribution in [0.3, 0.4) is 0 Å². The zero-order valence-electron chi connectivity index (χ0n) is 22.5. The van der Waals surface area contributed by atoms with Crippen molar-refractivity contribution in [3.63, 3.8) is 0 Å². The number of oxime groups is 1. The summed E-state index contributed by atoms with van der Waals surface area (Å²) in [5.74, 6) is -0.460. The van der Waals surface area contributed by atoms with Gasteiger partial charge in [0.2, 0.25) is 5.95 Å². The van der Waals surface area contributed by atoms with E-state index in [9.17, 15) is 19.7 Å². The molecule has 3 aromatic heterocycles. The van der Waals surface area contributed by atoms with E-state index in [0.29, 0.717) is 28.1 Å². The van der Waals surface area contributed by atoms with Crippen molar-refractivity contribution in [2.45, 2.75) is 58.1 Å². The summed E-state index contributed by atoms with van der Waals surface area (Å²) in [6, 6.07) is 8.72. The van der Waals surface area contributed by atoms with Crippen molar-refractivity contribution >= 4 is 22.4 Å². The highest BCUT2D eigenvalue weighted by atomic mass is 19.1. The number of pyridine rings is 2. The fraction of sp³-hybridized carbons (Fsp3) is 0.481. The Bertz CT molecular complexity index is 1520. The number of anilines is 1. The van der Waals surface area contributed by atoms with Gasteiger partial charge in [-0.15, -0.1) is 0 Å². The minimum absolute atomic E-state index is 0.00278. The van der Waals surface area contributed by atoms with Gasteiger partial charge in [0.05, 0.1) is 11.2 Å². The lowest BCUT2D eigenvalue weighted by Crippen LogP contribution is -2.39. The van der Waals surface area contributed by atoms with E-state index in [1.165, 1.54) is 15.3 Å². The van der Waals surface area contributed by atoms with Crippen molar-refractivity contribution in [2.75, 3.05) is 11.9 Å². The molecule has 0 spiro atoms. The van der Waals surface area contributed by atoms with E-state index in [2.05, 4.69) is 21.3 Å². The molecular weight excluding hydrogens is 487 g/mol. The van der Waals surface area contributed by atoms with E-state index in [1.807, 2.05) is 38.8 Å². The van der Waals surface area contributed by atoms with Crippen LogP contribution in [0.5, 0.6) is 0 Å². The molecule has 10 nitrogen and oxygen atoms in total. The number of halogens is 1. The van der Waals surface area contributed by atoms with Gasteiger partial charge in [-0.2, -0.15) is 20.0 Å². The molecule has 0 unspecified atom stereocenters. The highest BCUT2D eigenvalue weighted by molar-refractivity contribution is 6.00. The van der Waals surface area contributed by atoms with Gasteiger partial charge in [0.1, 0.15) is 45.9 Å².